The first-order valence-electron chi connectivity index (χ1n) is 7.63. The van der Waals surface area contributed by atoms with E-state index < -0.39 is 0 Å². The van der Waals surface area contributed by atoms with Crippen molar-refractivity contribution in [2.45, 2.75) is 71.8 Å². The highest BCUT2D eigenvalue weighted by atomic mass is 16.5. The van der Waals surface area contributed by atoms with Crippen molar-refractivity contribution in [2.24, 2.45) is 22.7 Å². The Morgan fingerprint density at radius 2 is 1.89 bits per heavy atom. The van der Waals surface area contributed by atoms with E-state index in [1.807, 2.05) is 0 Å². The predicted octanol–water partition coefficient (Wildman–Crippen LogP) is 3.93. The van der Waals surface area contributed by atoms with E-state index in [2.05, 4.69) is 20.8 Å². The van der Waals surface area contributed by atoms with E-state index in [0.29, 0.717) is 23.2 Å². The molecule has 3 fully saturated rings. The number of rotatable bonds is 0. The zero-order valence-corrected chi connectivity index (χ0v) is 12.0. The van der Waals surface area contributed by atoms with Crippen LogP contribution in [0.1, 0.15) is 65.7 Å². The van der Waals surface area contributed by atoms with Crippen molar-refractivity contribution in [1.29, 1.82) is 0 Å². The van der Waals surface area contributed by atoms with Crippen molar-refractivity contribution in [2.75, 3.05) is 0 Å². The number of hydrogen-bond donors (Lipinski definition) is 0. The smallest absolute Gasteiger partial charge is 0.306 e. The lowest BCUT2D eigenvalue weighted by Crippen LogP contribution is -2.55. The van der Waals surface area contributed by atoms with Gasteiger partial charge >= 0.3 is 5.97 Å². The third kappa shape index (κ3) is 1.71. The fourth-order valence-corrected chi connectivity index (χ4v) is 5.44. The van der Waals surface area contributed by atoms with Crippen LogP contribution in [0.4, 0.5) is 0 Å². The Hall–Kier alpha value is -0.530. The van der Waals surface area contributed by atoms with Crippen molar-refractivity contribution in [3.05, 3.63) is 0 Å². The summed E-state index contributed by atoms with van der Waals surface area (Å²) in [6, 6.07) is 0. The summed E-state index contributed by atoms with van der Waals surface area (Å²) in [5, 5.41) is 0. The van der Waals surface area contributed by atoms with Crippen LogP contribution in [0.15, 0.2) is 0 Å². The zero-order valence-electron chi connectivity index (χ0n) is 12.0. The minimum absolute atomic E-state index is 0.0355. The Labute approximate surface area is 110 Å². The molecule has 0 N–H and O–H groups in total. The van der Waals surface area contributed by atoms with Crippen LogP contribution in [0.3, 0.4) is 0 Å². The number of fused-ring (bicyclic) bond motifs is 3. The maximum Gasteiger partial charge on any atom is 0.306 e. The summed E-state index contributed by atoms with van der Waals surface area (Å²) in [4.78, 5) is 11.5. The van der Waals surface area contributed by atoms with E-state index in [4.69, 9.17) is 4.74 Å². The predicted molar refractivity (Wildman–Crippen MR) is 71.1 cm³/mol. The molecule has 2 heteroatoms. The molecular weight excluding hydrogens is 224 g/mol. The van der Waals surface area contributed by atoms with Crippen molar-refractivity contribution < 1.29 is 9.53 Å². The van der Waals surface area contributed by atoms with Crippen LogP contribution in [0.25, 0.3) is 0 Å². The van der Waals surface area contributed by atoms with E-state index in [1.54, 1.807) is 0 Å². The quantitative estimate of drug-likeness (QED) is 0.609. The number of esters is 1. The molecule has 2 aliphatic carbocycles. The standard InChI is InChI=1S/C16H26O2/c1-15(2)9-4-10-16(3)11-5-8-14(17)18-12(11)6-7-13(15)16/h11-13H,4-10H2,1-3H3/t11?,12-,13?,16-/m1/s1. The molecule has 3 aliphatic rings. The van der Waals surface area contributed by atoms with E-state index in [1.165, 1.54) is 25.7 Å². The summed E-state index contributed by atoms with van der Waals surface area (Å²) in [5.74, 6) is 1.47. The van der Waals surface area contributed by atoms with Crippen LogP contribution < -0.4 is 0 Å². The SMILES string of the molecule is CC1(C)CCC[C@]2(C)C3CCC(=O)O[C@@H]3CCC12. The van der Waals surface area contributed by atoms with Gasteiger partial charge in [0.05, 0.1) is 0 Å². The Morgan fingerprint density at radius 3 is 2.67 bits per heavy atom. The average Bonchev–Trinajstić information content (AvgIpc) is 2.27. The van der Waals surface area contributed by atoms with Crippen molar-refractivity contribution in [3.63, 3.8) is 0 Å². The second-order valence-electron chi connectivity index (χ2n) is 7.65. The Morgan fingerprint density at radius 1 is 1.11 bits per heavy atom. The Kier molecular flexibility index (Phi) is 2.76. The second kappa shape index (κ2) is 3.98. The second-order valence-corrected chi connectivity index (χ2v) is 7.65. The maximum absolute atomic E-state index is 11.5. The number of ether oxygens (including phenoxy) is 1. The van der Waals surface area contributed by atoms with Gasteiger partial charge in [0, 0.05) is 12.3 Å². The molecule has 18 heavy (non-hydrogen) atoms. The summed E-state index contributed by atoms with van der Waals surface area (Å²) < 4.78 is 5.63. The first kappa shape index (κ1) is 12.5. The molecule has 0 aromatic rings. The topological polar surface area (TPSA) is 26.3 Å². The van der Waals surface area contributed by atoms with E-state index in [0.717, 1.165) is 18.8 Å². The fraction of sp³-hybridized carbons (Fsp3) is 0.938. The molecule has 1 saturated heterocycles. The van der Waals surface area contributed by atoms with Gasteiger partial charge in [-0.1, -0.05) is 27.2 Å². The summed E-state index contributed by atoms with van der Waals surface area (Å²) in [7, 11) is 0. The monoisotopic (exact) mass is 250 g/mol. The molecule has 1 aliphatic heterocycles. The van der Waals surface area contributed by atoms with Crippen LogP contribution in [0.5, 0.6) is 0 Å². The number of carbonyl (C=O) groups is 1. The van der Waals surface area contributed by atoms with Gasteiger partial charge in [-0.05, 0) is 48.9 Å². The lowest BCUT2D eigenvalue weighted by Gasteiger charge is -2.59. The van der Waals surface area contributed by atoms with Gasteiger partial charge < -0.3 is 4.74 Å². The fourth-order valence-electron chi connectivity index (χ4n) is 5.44. The molecule has 0 bridgehead atoms. The van der Waals surface area contributed by atoms with Crippen LogP contribution in [-0.2, 0) is 9.53 Å². The lowest BCUT2D eigenvalue weighted by molar-refractivity contribution is -0.184. The third-order valence-electron chi connectivity index (χ3n) is 6.25. The lowest BCUT2D eigenvalue weighted by atomic mass is 9.47. The average molecular weight is 250 g/mol. The molecular formula is C16H26O2. The summed E-state index contributed by atoms with van der Waals surface area (Å²) in [6.07, 6.45) is 8.32. The van der Waals surface area contributed by atoms with Crippen molar-refractivity contribution >= 4 is 5.97 Å². The molecule has 2 nitrogen and oxygen atoms in total. The van der Waals surface area contributed by atoms with Gasteiger partial charge in [0.1, 0.15) is 6.10 Å². The van der Waals surface area contributed by atoms with Gasteiger partial charge in [0.15, 0.2) is 0 Å². The van der Waals surface area contributed by atoms with Crippen molar-refractivity contribution in [3.8, 4) is 0 Å². The molecule has 0 aromatic heterocycles. The van der Waals surface area contributed by atoms with Gasteiger partial charge in [-0.2, -0.15) is 0 Å². The van der Waals surface area contributed by atoms with E-state index >= 15 is 0 Å². The minimum Gasteiger partial charge on any atom is -0.462 e. The van der Waals surface area contributed by atoms with E-state index in [9.17, 15) is 4.79 Å². The van der Waals surface area contributed by atoms with Crippen molar-refractivity contribution in [1.82, 2.24) is 0 Å². The largest absolute Gasteiger partial charge is 0.462 e. The molecule has 4 atom stereocenters. The summed E-state index contributed by atoms with van der Waals surface area (Å²) in [6.45, 7) is 7.38. The van der Waals surface area contributed by atoms with Crippen LogP contribution in [0.2, 0.25) is 0 Å². The highest BCUT2D eigenvalue weighted by Crippen LogP contribution is 2.61. The number of hydrogen-bond acceptors (Lipinski definition) is 2. The third-order valence-corrected chi connectivity index (χ3v) is 6.25. The molecule has 2 unspecified atom stereocenters. The Balaban J connectivity index is 1.90. The molecule has 0 spiro atoms. The van der Waals surface area contributed by atoms with Gasteiger partial charge in [-0.15, -0.1) is 0 Å². The first-order chi connectivity index (χ1) is 8.43. The minimum atomic E-state index is 0.0355. The number of carbonyl (C=O) groups excluding carboxylic acids is 1. The molecule has 0 radical (unpaired) electrons. The molecule has 2 saturated carbocycles. The maximum atomic E-state index is 11.5. The molecule has 1 heterocycles. The highest BCUT2D eigenvalue weighted by molar-refractivity contribution is 5.70. The highest BCUT2D eigenvalue weighted by Gasteiger charge is 2.56. The summed E-state index contributed by atoms with van der Waals surface area (Å²) in [5.41, 5.74) is 0.880. The van der Waals surface area contributed by atoms with Gasteiger partial charge in [-0.25, -0.2) is 0 Å². The zero-order chi connectivity index (χ0) is 13.0. The van der Waals surface area contributed by atoms with Gasteiger partial charge in [-0.3, -0.25) is 4.79 Å². The Bertz CT molecular complexity index is 360. The van der Waals surface area contributed by atoms with Crippen LogP contribution in [0, 0.1) is 22.7 Å². The molecule has 0 aromatic carbocycles. The summed E-state index contributed by atoms with van der Waals surface area (Å²) >= 11 is 0. The van der Waals surface area contributed by atoms with E-state index in [-0.39, 0.29) is 12.1 Å². The molecule has 102 valence electrons. The first-order valence-corrected chi connectivity index (χ1v) is 7.63. The normalized spacial score (nSPS) is 46.8. The van der Waals surface area contributed by atoms with Gasteiger partial charge in [0.2, 0.25) is 0 Å². The van der Waals surface area contributed by atoms with Crippen LogP contribution >= 0.6 is 0 Å². The van der Waals surface area contributed by atoms with Gasteiger partial charge in [0.25, 0.3) is 0 Å². The molecule has 0 amide bonds. The molecule has 3 rings (SSSR count). The van der Waals surface area contributed by atoms with Crippen LogP contribution in [-0.4, -0.2) is 12.1 Å².